The van der Waals surface area contributed by atoms with E-state index >= 15 is 0 Å². The van der Waals surface area contributed by atoms with Crippen LogP contribution in [0.4, 0.5) is 5.69 Å². The molecule has 3 N–H and O–H groups in total. The third kappa shape index (κ3) is 6.33. The van der Waals surface area contributed by atoms with Crippen molar-refractivity contribution in [3.05, 3.63) is 59.3 Å². The molecule has 1 aliphatic rings. The van der Waals surface area contributed by atoms with Crippen molar-refractivity contribution >= 4 is 16.6 Å². The fraction of sp³-hybridized carbons (Fsp3) is 0.480. The molecule has 0 spiro atoms. The second-order valence-electron chi connectivity index (χ2n) is 7.89. The van der Waals surface area contributed by atoms with E-state index in [-0.39, 0.29) is 5.41 Å². The number of H-pyrrole nitrogens is 1. The zero-order chi connectivity index (χ0) is 22.0. The van der Waals surface area contributed by atoms with E-state index in [0.29, 0.717) is 5.92 Å². The van der Waals surface area contributed by atoms with Gasteiger partial charge < -0.3 is 5.43 Å². The van der Waals surface area contributed by atoms with E-state index in [1.807, 2.05) is 40.0 Å². The monoisotopic (exact) mass is 396 g/mol. The summed E-state index contributed by atoms with van der Waals surface area (Å²) in [6, 6.07) is 12.7. The Morgan fingerprint density at radius 2 is 1.59 bits per heavy atom. The van der Waals surface area contributed by atoms with Crippen molar-refractivity contribution in [2.75, 3.05) is 5.43 Å². The second-order valence-corrected chi connectivity index (χ2v) is 7.89. The van der Waals surface area contributed by atoms with Gasteiger partial charge in [0.25, 0.3) is 0 Å². The molecular weight excluding hydrogens is 356 g/mol. The van der Waals surface area contributed by atoms with Crippen LogP contribution in [0.2, 0.25) is 0 Å². The Kier molecular flexibility index (Phi) is 9.90. The molecule has 4 rings (SSSR count). The van der Waals surface area contributed by atoms with Crippen molar-refractivity contribution in [2.24, 2.45) is 0 Å². The van der Waals surface area contributed by atoms with Gasteiger partial charge >= 0.3 is 0 Å². The molecule has 0 saturated heterocycles. The lowest BCUT2D eigenvalue weighted by atomic mass is 9.83. The molecule has 0 radical (unpaired) electrons. The number of hydrazine groups is 1. The number of benzene rings is 2. The van der Waals surface area contributed by atoms with Crippen molar-refractivity contribution < 1.29 is 0 Å². The van der Waals surface area contributed by atoms with E-state index in [1.165, 1.54) is 27.8 Å². The van der Waals surface area contributed by atoms with Gasteiger partial charge in [0.15, 0.2) is 0 Å². The highest BCUT2D eigenvalue weighted by molar-refractivity contribution is 5.81. The number of aromatic amines is 1. The molecule has 0 fully saturated rings. The molecule has 0 atom stereocenters. The third-order valence-corrected chi connectivity index (χ3v) is 4.61. The fourth-order valence-electron chi connectivity index (χ4n) is 3.32. The first-order chi connectivity index (χ1) is 13.9. The van der Waals surface area contributed by atoms with E-state index < -0.39 is 0 Å². The Morgan fingerprint density at radius 1 is 0.931 bits per heavy atom. The Bertz CT molecular complexity index is 857. The smallest absolute Gasteiger partial charge is 0.0653 e. The Hall–Kier alpha value is -2.33. The maximum absolute atomic E-state index is 4.02. The Labute approximate surface area is 177 Å². The molecule has 1 aliphatic heterocycles. The van der Waals surface area contributed by atoms with Crippen LogP contribution in [-0.2, 0) is 12.0 Å². The van der Waals surface area contributed by atoms with Crippen molar-refractivity contribution in [3.63, 3.8) is 0 Å². The molecule has 3 aromatic rings. The molecule has 1 aromatic heterocycles. The summed E-state index contributed by atoms with van der Waals surface area (Å²) >= 11 is 0. The molecule has 0 bridgehead atoms. The minimum atomic E-state index is 0.235. The van der Waals surface area contributed by atoms with Crippen molar-refractivity contribution in [3.8, 4) is 0 Å². The molecule has 2 heterocycles. The average Bonchev–Trinajstić information content (AvgIpc) is 3.39. The van der Waals surface area contributed by atoms with E-state index in [0.717, 1.165) is 12.1 Å². The minimum Gasteiger partial charge on any atom is -0.321 e. The summed E-state index contributed by atoms with van der Waals surface area (Å²) in [7, 11) is 0. The number of rotatable bonds is 1. The van der Waals surface area contributed by atoms with Gasteiger partial charge in [-0.2, -0.15) is 5.10 Å². The first-order valence-electron chi connectivity index (χ1n) is 10.9. The predicted molar refractivity (Wildman–Crippen MR) is 128 cm³/mol. The first-order valence-corrected chi connectivity index (χ1v) is 10.9. The number of aromatic nitrogens is 2. The van der Waals surface area contributed by atoms with E-state index in [9.17, 15) is 0 Å². The summed E-state index contributed by atoms with van der Waals surface area (Å²) in [6.07, 6.45) is 1.89. The van der Waals surface area contributed by atoms with E-state index in [4.69, 9.17) is 0 Å². The lowest BCUT2D eigenvalue weighted by molar-refractivity contribution is 0.583. The summed E-state index contributed by atoms with van der Waals surface area (Å²) in [5, 5.41) is 8.23. The van der Waals surface area contributed by atoms with Crippen LogP contribution < -0.4 is 10.9 Å². The number of hydrogen-bond donors (Lipinski definition) is 3. The maximum Gasteiger partial charge on any atom is 0.0653 e. The summed E-state index contributed by atoms with van der Waals surface area (Å²) in [4.78, 5) is 0. The van der Waals surface area contributed by atoms with Crippen LogP contribution in [0.3, 0.4) is 0 Å². The number of hydrogen-bond acceptors (Lipinski definition) is 3. The molecule has 2 aromatic carbocycles. The van der Waals surface area contributed by atoms with Crippen LogP contribution in [0.1, 0.15) is 84.9 Å². The van der Waals surface area contributed by atoms with Crippen LogP contribution in [-0.4, -0.2) is 10.2 Å². The van der Waals surface area contributed by atoms with E-state index in [2.05, 4.69) is 86.0 Å². The quantitative estimate of drug-likeness (QED) is 0.409. The first kappa shape index (κ1) is 24.7. The zero-order valence-electron chi connectivity index (χ0n) is 19.8. The van der Waals surface area contributed by atoms with Gasteiger partial charge in [-0.15, -0.1) is 0 Å². The van der Waals surface area contributed by atoms with Crippen LogP contribution in [0.25, 0.3) is 10.9 Å². The largest absolute Gasteiger partial charge is 0.321 e. The molecular formula is C25H40N4. The van der Waals surface area contributed by atoms with Gasteiger partial charge in [-0.1, -0.05) is 86.6 Å². The zero-order valence-corrected chi connectivity index (χ0v) is 19.8. The lowest BCUT2D eigenvalue weighted by Gasteiger charge is -2.21. The maximum atomic E-state index is 4.02. The topological polar surface area (TPSA) is 52.7 Å². The Morgan fingerprint density at radius 3 is 2.21 bits per heavy atom. The third-order valence-electron chi connectivity index (χ3n) is 4.61. The lowest BCUT2D eigenvalue weighted by Crippen LogP contribution is -2.14. The number of anilines is 1. The van der Waals surface area contributed by atoms with Crippen LogP contribution in [0, 0.1) is 0 Å². The van der Waals surface area contributed by atoms with E-state index in [1.54, 1.807) is 0 Å². The van der Waals surface area contributed by atoms with Crippen LogP contribution in [0.15, 0.2) is 42.6 Å². The molecule has 4 nitrogen and oxygen atoms in total. The minimum absolute atomic E-state index is 0.235. The van der Waals surface area contributed by atoms with Crippen molar-refractivity contribution in [1.82, 2.24) is 15.6 Å². The summed E-state index contributed by atoms with van der Waals surface area (Å²) in [5.74, 6) is 0.561. The molecule has 4 heteroatoms. The fourth-order valence-corrected chi connectivity index (χ4v) is 3.32. The van der Waals surface area contributed by atoms with Gasteiger partial charge in [0, 0.05) is 11.9 Å². The average molecular weight is 397 g/mol. The highest BCUT2D eigenvalue weighted by atomic mass is 15.4. The SMILES string of the molecule is CC.CC.CC(C)(C)c1cccc2c1CNN2.CC(C)c1cccc2[nH]ncc12. The molecule has 0 saturated carbocycles. The van der Waals surface area contributed by atoms with Crippen molar-refractivity contribution in [1.29, 1.82) is 0 Å². The van der Waals surface area contributed by atoms with Crippen molar-refractivity contribution in [2.45, 2.75) is 80.2 Å². The van der Waals surface area contributed by atoms with Crippen LogP contribution in [0.5, 0.6) is 0 Å². The van der Waals surface area contributed by atoms with Gasteiger partial charge in [-0.05, 0) is 40.2 Å². The summed E-state index contributed by atoms with van der Waals surface area (Å²) in [6.45, 7) is 20.1. The van der Waals surface area contributed by atoms with Gasteiger partial charge in [0.1, 0.15) is 0 Å². The molecule has 29 heavy (non-hydrogen) atoms. The highest BCUT2D eigenvalue weighted by Crippen LogP contribution is 2.32. The van der Waals surface area contributed by atoms with Crippen LogP contribution >= 0.6 is 0 Å². The predicted octanol–water partition coefficient (Wildman–Crippen LogP) is 7.15. The number of nitrogens with zero attached hydrogens (tertiary/aromatic N) is 1. The summed E-state index contributed by atoms with van der Waals surface area (Å²) < 4.78 is 0. The number of nitrogens with one attached hydrogen (secondary N) is 3. The molecule has 0 aliphatic carbocycles. The molecule has 160 valence electrons. The van der Waals surface area contributed by atoms with Gasteiger partial charge in [-0.3, -0.25) is 5.10 Å². The van der Waals surface area contributed by atoms with Gasteiger partial charge in [0.2, 0.25) is 0 Å². The van der Waals surface area contributed by atoms with Gasteiger partial charge in [0.05, 0.1) is 17.4 Å². The molecule has 0 unspecified atom stereocenters. The highest BCUT2D eigenvalue weighted by Gasteiger charge is 2.21. The summed E-state index contributed by atoms with van der Waals surface area (Å²) in [5.41, 5.74) is 13.1. The second kappa shape index (κ2) is 11.6. The van der Waals surface area contributed by atoms with Gasteiger partial charge in [-0.25, -0.2) is 5.43 Å². The Balaban J connectivity index is 0.000000248. The number of fused-ring (bicyclic) bond motifs is 2. The molecule has 0 amide bonds. The normalized spacial score (nSPS) is 11.9. The standard InChI is InChI=1S/C11H16N2.C10H12N2.2C2H6/c1-11(2,3)9-5-4-6-10-8(9)7-12-13-10;1-7(2)8-4-3-5-10-9(8)6-11-12-10;2*1-2/h4-6,12-13H,7H2,1-3H3;3-7H,1-2H3,(H,11,12);2*1-2H3.